The van der Waals surface area contributed by atoms with Crippen molar-refractivity contribution < 1.29 is 30.0 Å². The zero-order chi connectivity index (χ0) is 13.9. The summed E-state index contributed by atoms with van der Waals surface area (Å²) in [6.07, 6.45) is -0.985. The molecule has 4 N–H and O–H groups in total. The standard InChI is InChI=1S/C11H17NO6/c1-2-3-11(4-5-13)7(14)6-12(10(17)18)8(11)9(15)16/h2,7-8,13-14H,1,3-6H2,(H,15,16)(H,17,18). The first-order chi connectivity index (χ1) is 8.40. The second-order valence-electron chi connectivity index (χ2n) is 4.39. The third kappa shape index (κ3) is 2.19. The maximum Gasteiger partial charge on any atom is 0.408 e. The predicted molar refractivity (Wildman–Crippen MR) is 61.1 cm³/mol. The number of carbonyl (C=O) groups is 2. The monoisotopic (exact) mass is 259 g/mol. The molecule has 1 saturated heterocycles. The molecule has 0 bridgehead atoms. The van der Waals surface area contributed by atoms with Gasteiger partial charge in [-0.3, -0.25) is 4.90 Å². The van der Waals surface area contributed by atoms with Crippen LogP contribution in [-0.2, 0) is 4.79 Å². The highest BCUT2D eigenvalue weighted by Crippen LogP contribution is 2.43. The molecule has 102 valence electrons. The molecule has 18 heavy (non-hydrogen) atoms. The number of carboxylic acids is 1. The van der Waals surface area contributed by atoms with Gasteiger partial charge in [-0.15, -0.1) is 6.58 Å². The molecule has 1 heterocycles. The van der Waals surface area contributed by atoms with Crippen LogP contribution < -0.4 is 0 Å². The number of carboxylic acid groups (broad SMARTS) is 2. The van der Waals surface area contributed by atoms with E-state index < -0.39 is 29.6 Å². The predicted octanol–water partition coefficient (Wildman–Crippen LogP) is -0.261. The van der Waals surface area contributed by atoms with Crippen LogP contribution in [0.25, 0.3) is 0 Å². The number of aliphatic hydroxyl groups is 2. The first-order valence-electron chi connectivity index (χ1n) is 5.53. The van der Waals surface area contributed by atoms with Gasteiger partial charge in [0.1, 0.15) is 6.04 Å². The second-order valence-corrected chi connectivity index (χ2v) is 4.39. The van der Waals surface area contributed by atoms with Crippen molar-refractivity contribution in [1.82, 2.24) is 4.90 Å². The van der Waals surface area contributed by atoms with Crippen molar-refractivity contribution in [1.29, 1.82) is 0 Å². The molecular formula is C11H17NO6. The molecule has 0 spiro atoms. The first kappa shape index (κ1) is 14.5. The van der Waals surface area contributed by atoms with Gasteiger partial charge in [0, 0.05) is 12.0 Å². The van der Waals surface area contributed by atoms with Crippen LogP contribution in [0.1, 0.15) is 12.8 Å². The van der Waals surface area contributed by atoms with Crippen LogP contribution in [0.5, 0.6) is 0 Å². The number of amides is 1. The van der Waals surface area contributed by atoms with Gasteiger partial charge in [0.05, 0.1) is 12.6 Å². The highest BCUT2D eigenvalue weighted by molar-refractivity contribution is 5.81. The summed E-state index contributed by atoms with van der Waals surface area (Å²) >= 11 is 0. The van der Waals surface area contributed by atoms with Crippen molar-refractivity contribution in [3.8, 4) is 0 Å². The fraction of sp³-hybridized carbons (Fsp3) is 0.636. The molecule has 7 nitrogen and oxygen atoms in total. The SMILES string of the molecule is C=CCC1(CCO)C(O)CN(C(=O)O)C1C(=O)O. The Morgan fingerprint density at radius 1 is 1.44 bits per heavy atom. The minimum absolute atomic E-state index is 0.000926. The fourth-order valence-corrected chi connectivity index (χ4v) is 2.66. The third-order valence-electron chi connectivity index (χ3n) is 3.47. The number of nitrogens with zero attached hydrogens (tertiary/aromatic N) is 1. The van der Waals surface area contributed by atoms with Crippen LogP contribution in [-0.4, -0.2) is 62.7 Å². The van der Waals surface area contributed by atoms with E-state index in [1.54, 1.807) is 0 Å². The summed E-state index contributed by atoms with van der Waals surface area (Å²) < 4.78 is 0. The number of aliphatic hydroxyl groups excluding tert-OH is 2. The van der Waals surface area contributed by atoms with Crippen LogP contribution in [0.15, 0.2) is 12.7 Å². The molecule has 0 aromatic rings. The number of hydrogen-bond donors (Lipinski definition) is 4. The smallest absolute Gasteiger partial charge is 0.408 e. The molecule has 0 aromatic heterocycles. The summed E-state index contributed by atoms with van der Waals surface area (Å²) in [6.45, 7) is 2.89. The van der Waals surface area contributed by atoms with Gasteiger partial charge in [-0.25, -0.2) is 9.59 Å². The van der Waals surface area contributed by atoms with Crippen molar-refractivity contribution in [3.63, 3.8) is 0 Å². The van der Waals surface area contributed by atoms with Gasteiger partial charge in [-0.05, 0) is 12.8 Å². The highest BCUT2D eigenvalue weighted by atomic mass is 16.4. The minimum Gasteiger partial charge on any atom is -0.480 e. The number of β-amino-alcohol motifs (C(OH)–C–C–N with tert-alkyl or cyclic N) is 1. The number of hydrogen-bond acceptors (Lipinski definition) is 4. The Labute approximate surface area is 104 Å². The van der Waals surface area contributed by atoms with Crippen molar-refractivity contribution in [3.05, 3.63) is 12.7 Å². The molecule has 1 aliphatic rings. The minimum atomic E-state index is -1.40. The lowest BCUT2D eigenvalue weighted by Gasteiger charge is -2.35. The van der Waals surface area contributed by atoms with Crippen LogP contribution >= 0.6 is 0 Å². The maximum absolute atomic E-state index is 11.3. The molecule has 1 rings (SSSR count). The zero-order valence-corrected chi connectivity index (χ0v) is 9.82. The summed E-state index contributed by atoms with van der Waals surface area (Å²) in [7, 11) is 0. The quantitative estimate of drug-likeness (QED) is 0.505. The molecular weight excluding hydrogens is 242 g/mol. The van der Waals surface area contributed by atoms with Gasteiger partial charge in [-0.1, -0.05) is 6.08 Å². The van der Waals surface area contributed by atoms with E-state index in [0.717, 1.165) is 0 Å². The lowest BCUT2D eigenvalue weighted by atomic mass is 9.73. The Bertz CT molecular complexity index is 357. The van der Waals surface area contributed by atoms with Crippen LogP contribution in [0.4, 0.5) is 4.79 Å². The Morgan fingerprint density at radius 2 is 2.06 bits per heavy atom. The van der Waals surface area contributed by atoms with E-state index in [4.69, 9.17) is 10.2 Å². The van der Waals surface area contributed by atoms with E-state index in [2.05, 4.69) is 6.58 Å². The van der Waals surface area contributed by atoms with Gasteiger partial charge < -0.3 is 20.4 Å². The summed E-state index contributed by atoms with van der Waals surface area (Å²) in [6, 6.07) is -1.38. The van der Waals surface area contributed by atoms with E-state index in [0.29, 0.717) is 4.90 Å². The molecule has 3 unspecified atom stereocenters. The largest absolute Gasteiger partial charge is 0.480 e. The maximum atomic E-state index is 11.3. The number of allylic oxidation sites excluding steroid dienone is 1. The molecule has 1 aliphatic heterocycles. The van der Waals surface area contributed by atoms with Crippen molar-refractivity contribution in [2.75, 3.05) is 13.2 Å². The normalized spacial score (nSPS) is 31.3. The molecule has 0 aromatic carbocycles. The van der Waals surface area contributed by atoms with Crippen LogP contribution in [0.2, 0.25) is 0 Å². The van der Waals surface area contributed by atoms with Gasteiger partial charge in [0.15, 0.2) is 0 Å². The van der Waals surface area contributed by atoms with Crippen molar-refractivity contribution in [2.24, 2.45) is 5.41 Å². The first-order valence-corrected chi connectivity index (χ1v) is 5.53. The number of likely N-dealkylation sites (tertiary alicyclic amines) is 1. The Kier molecular flexibility index (Phi) is 4.31. The lowest BCUT2D eigenvalue weighted by Crippen LogP contribution is -2.49. The van der Waals surface area contributed by atoms with Crippen LogP contribution in [0.3, 0.4) is 0 Å². The van der Waals surface area contributed by atoms with Gasteiger partial charge in [-0.2, -0.15) is 0 Å². The molecule has 1 fully saturated rings. The Hall–Kier alpha value is -1.60. The van der Waals surface area contributed by atoms with Crippen LogP contribution in [0, 0.1) is 5.41 Å². The average Bonchev–Trinajstić information content (AvgIpc) is 2.54. The van der Waals surface area contributed by atoms with Gasteiger partial charge >= 0.3 is 12.1 Å². The molecule has 0 saturated carbocycles. The van der Waals surface area contributed by atoms with E-state index in [-0.39, 0.29) is 26.0 Å². The molecule has 0 aliphatic carbocycles. The summed E-state index contributed by atoms with van der Waals surface area (Å²) in [5.74, 6) is -1.33. The average molecular weight is 259 g/mol. The lowest BCUT2D eigenvalue weighted by molar-refractivity contribution is -0.146. The van der Waals surface area contributed by atoms with E-state index in [1.165, 1.54) is 6.08 Å². The molecule has 3 atom stereocenters. The van der Waals surface area contributed by atoms with Crippen molar-refractivity contribution >= 4 is 12.1 Å². The van der Waals surface area contributed by atoms with Gasteiger partial charge in [0.2, 0.25) is 0 Å². The van der Waals surface area contributed by atoms with E-state index >= 15 is 0 Å². The highest BCUT2D eigenvalue weighted by Gasteiger charge is 2.57. The molecule has 7 heteroatoms. The molecule has 0 radical (unpaired) electrons. The number of aliphatic carboxylic acids is 1. The van der Waals surface area contributed by atoms with Crippen molar-refractivity contribution in [2.45, 2.75) is 25.0 Å². The summed E-state index contributed by atoms with van der Waals surface area (Å²) in [4.78, 5) is 23.0. The summed E-state index contributed by atoms with van der Waals surface area (Å²) in [5.41, 5.74) is -1.22. The fourth-order valence-electron chi connectivity index (χ4n) is 2.66. The van der Waals surface area contributed by atoms with E-state index in [1.807, 2.05) is 0 Å². The summed E-state index contributed by atoms with van der Waals surface area (Å²) in [5, 5.41) is 37.3. The zero-order valence-electron chi connectivity index (χ0n) is 9.82. The van der Waals surface area contributed by atoms with E-state index in [9.17, 15) is 19.8 Å². The third-order valence-corrected chi connectivity index (χ3v) is 3.47. The molecule has 1 amide bonds. The Balaban J connectivity index is 3.22. The number of rotatable bonds is 5. The second kappa shape index (κ2) is 5.36. The topological polar surface area (TPSA) is 118 Å². The van der Waals surface area contributed by atoms with Gasteiger partial charge in [0.25, 0.3) is 0 Å². The Morgan fingerprint density at radius 3 is 2.44 bits per heavy atom.